The fourth-order valence-electron chi connectivity index (χ4n) is 2.39. The highest BCUT2D eigenvalue weighted by Crippen LogP contribution is 2.36. The fourth-order valence-corrected chi connectivity index (χ4v) is 4.61. The van der Waals surface area contributed by atoms with Crippen LogP contribution in [0.3, 0.4) is 0 Å². The second-order valence-electron chi connectivity index (χ2n) is 9.46. The Morgan fingerprint density at radius 3 is 2.03 bits per heavy atom. The number of carbonyl (C=O) groups excluding carboxylic acids is 1. The lowest BCUT2D eigenvalue weighted by atomic mass is 10.1. The van der Waals surface area contributed by atoms with Crippen molar-refractivity contribution in [3.63, 3.8) is 0 Å². The minimum atomic E-state index is -4.26. The monoisotopic (exact) mass is 439 g/mol. The molecule has 0 unspecified atom stereocenters. The maximum atomic E-state index is 13.1. The standard InChI is InChI=1S/C20H33N3O4SSi/c1-19(2,3)23(14-15-27-29(7,8)20(4,5)6)18(24)17(22-21)28(25,26)16-12-10-9-11-13-16/h9-13H,14-15H2,1-8H3. The SMILES string of the molecule is CC(C)(C)N(CCO[Si](C)(C)C(C)(C)C)C(=O)C(=[N+]=[N-])S(=O)(=O)c1ccccc1. The second kappa shape index (κ2) is 8.91. The van der Waals surface area contributed by atoms with Gasteiger partial charge in [0, 0.05) is 12.1 Å². The maximum Gasteiger partial charge on any atom is 0.473 e. The third-order valence-corrected chi connectivity index (χ3v) is 11.4. The lowest BCUT2D eigenvalue weighted by molar-refractivity contribution is -0.132. The van der Waals surface area contributed by atoms with Crippen molar-refractivity contribution in [3.8, 4) is 0 Å². The molecule has 1 rings (SSSR count). The van der Waals surface area contributed by atoms with E-state index >= 15 is 0 Å². The summed E-state index contributed by atoms with van der Waals surface area (Å²) < 4.78 is 31.8. The molecule has 0 aromatic heterocycles. The Kier molecular flexibility index (Phi) is 7.76. The molecule has 7 nitrogen and oxygen atoms in total. The third-order valence-electron chi connectivity index (χ3n) is 5.22. The predicted molar refractivity (Wildman–Crippen MR) is 117 cm³/mol. The molecule has 0 spiro atoms. The molecule has 0 atom stereocenters. The highest BCUT2D eigenvalue weighted by atomic mass is 32.2. The van der Waals surface area contributed by atoms with E-state index in [9.17, 15) is 18.7 Å². The first-order valence-corrected chi connectivity index (χ1v) is 13.9. The summed E-state index contributed by atoms with van der Waals surface area (Å²) in [6.07, 6.45) is 0. The second-order valence-corrected chi connectivity index (χ2v) is 16.1. The van der Waals surface area contributed by atoms with Crippen molar-refractivity contribution >= 4 is 29.1 Å². The van der Waals surface area contributed by atoms with Crippen LogP contribution in [0.2, 0.25) is 18.1 Å². The van der Waals surface area contributed by atoms with Gasteiger partial charge in [-0.25, -0.2) is 8.42 Å². The van der Waals surface area contributed by atoms with Crippen molar-refractivity contribution in [2.75, 3.05) is 13.2 Å². The van der Waals surface area contributed by atoms with E-state index in [0.717, 1.165) is 0 Å². The maximum absolute atomic E-state index is 13.1. The highest BCUT2D eigenvalue weighted by Gasteiger charge is 2.44. The van der Waals surface area contributed by atoms with E-state index in [1.54, 1.807) is 39.0 Å². The van der Waals surface area contributed by atoms with Gasteiger partial charge in [0.25, 0.3) is 9.84 Å². The summed E-state index contributed by atoms with van der Waals surface area (Å²) in [6.45, 7) is 16.4. The van der Waals surface area contributed by atoms with Crippen LogP contribution in [0.4, 0.5) is 0 Å². The quantitative estimate of drug-likeness (QED) is 0.229. The molecule has 0 saturated heterocycles. The van der Waals surface area contributed by atoms with Gasteiger partial charge in [0.05, 0.1) is 11.5 Å². The van der Waals surface area contributed by atoms with Gasteiger partial charge in [0.15, 0.2) is 8.32 Å². The van der Waals surface area contributed by atoms with Crippen LogP contribution in [0.5, 0.6) is 0 Å². The van der Waals surface area contributed by atoms with Crippen molar-refractivity contribution in [1.82, 2.24) is 4.90 Å². The molecule has 0 bridgehead atoms. The van der Waals surface area contributed by atoms with E-state index in [1.165, 1.54) is 17.0 Å². The average molecular weight is 440 g/mol. The van der Waals surface area contributed by atoms with E-state index in [4.69, 9.17) is 4.43 Å². The Balaban J connectivity index is 3.16. The number of benzene rings is 1. The van der Waals surface area contributed by atoms with Crippen LogP contribution in [0.1, 0.15) is 41.5 Å². The molecule has 0 heterocycles. The summed E-state index contributed by atoms with van der Waals surface area (Å²) in [5.41, 5.74) is 8.71. The van der Waals surface area contributed by atoms with Gasteiger partial charge >= 0.3 is 11.0 Å². The van der Waals surface area contributed by atoms with E-state index in [-0.39, 0.29) is 23.1 Å². The van der Waals surface area contributed by atoms with Crippen LogP contribution in [-0.2, 0) is 19.1 Å². The molecule has 0 aliphatic heterocycles. The molecule has 0 saturated carbocycles. The number of nitrogens with zero attached hydrogens (tertiary/aromatic N) is 3. The number of carbonyl (C=O) groups is 1. The topological polar surface area (TPSA) is 100 Å². The molecule has 1 aromatic rings. The van der Waals surface area contributed by atoms with Gasteiger partial charge in [-0.1, -0.05) is 39.0 Å². The summed E-state index contributed by atoms with van der Waals surface area (Å²) >= 11 is 0. The van der Waals surface area contributed by atoms with Gasteiger partial charge < -0.3 is 14.9 Å². The minimum absolute atomic E-state index is 0.0118. The van der Waals surface area contributed by atoms with Crippen molar-refractivity contribution in [3.05, 3.63) is 35.9 Å². The zero-order chi connectivity index (χ0) is 22.7. The molecule has 0 aliphatic rings. The van der Waals surface area contributed by atoms with E-state index in [1.807, 2.05) is 0 Å². The van der Waals surface area contributed by atoms with E-state index in [2.05, 4.69) is 38.7 Å². The Bertz CT molecular complexity index is 879. The lowest BCUT2D eigenvalue weighted by Crippen LogP contribution is -2.52. The average Bonchev–Trinajstić information content (AvgIpc) is 2.57. The molecule has 0 N–H and O–H groups in total. The van der Waals surface area contributed by atoms with Crippen LogP contribution < -0.4 is 0 Å². The summed E-state index contributed by atoms with van der Waals surface area (Å²) in [4.78, 5) is 17.2. The largest absolute Gasteiger partial charge is 0.473 e. The van der Waals surface area contributed by atoms with Crippen LogP contribution in [0.15, 0.2) is 35.2 Å². The van der Waals surface area contributed by atoms with Crippen molar-refractivity contribution in [2.24, 2.45) is 0 Å². The molecule has 0 radical (unpaired) electrons. The molecule has 1 aromatic carbocycles. The first-order chi connectivity index (χ1) is 13.1. The van der Waals surface area contributed by atoms with Gasteiger partial charge in [0.2, 0.25) is 0 Å². The van der Waals surface area contributed by atoms with E-state index in [0.29, 0.717) is 0 Å². The van der Waals surface area contributed by atoms with Gasteiger partial charge in [-0.15, -0.1) is 4.79 Å². The molecule has 0 fully saturated rings. The molecular formula is C20H33N3O4SSi. The number of hydrogen-bond donors (Lipinski definition) is 0. The molecule has 162 valence electrons. The fraction of sp³-hybridized carbons (Fsp3) is 0.600. The van der Waals surface area contributed by atoms with Gasteiger partial charge in [-0.05, 0) is 51.0 Å². The van der Waals surface area contributed by atoms with Crippen LogP contribution in [0.25, 0.3) is 5.53 Å². The Hall–Kier alpha value is -1.80. The zero-order valence-corrected chi connectivity index (χ0v) is 20.5. The lowest BCUT2D eigenvalue weighted by Gasteiger charge is -2.38. The number of sulfone groups is 1. The highest BCUT2D eigenvalue weighted by molar-refractivity contribution is 8.08. The van der Waals surface area contributed by atoms with Crippen LogP contribution in [0, 0.1) is 0 Å². The minimum Gasteiger partial charge on any atom is -0.415 e. The Morgan fingerprint density at radius 1 is 1.10 bits per heavy atom. The van der Waals surface area contributed by atoms with Crippen LogP contribution >= 0.6 is 0 Å². The number of rotatable bonds is 5. The first-order valence-electron chi connectivity index (χ1n) is 9.54. The third kappa shape index (κ3) is 6.09. The van der Waals surface area contributed by atoms with E-state index < -0.39 is 34.6 Å². The van der Waals surface area contributed by atoms with Gasteiger partial charge in [-0.2, -0.15) is 0 Å². The smallest absolute Gasteiger partial charge is 0.415 e. The zero-order valence-electron chi connectivity index (χ0n) is 18.7. The first kappa shape index (κ1) is 25.2. The van der Waals surface area contributed by atoms with Crippen LogP contribution in [-0.4, -0.2) is 56.1 Å². The summed E-state index contributed by atoms with van der Waals surface area (Å²) in [5.74, 6) is -0.859. The molecular weight excluding hydrogens is 406 g/mol. The predicted octanol–water partition coefficient (Wildman–Crippen LogP) is 3.74. The molecule has 0 aliphatic carbocycles. The molecule has 29 heavy (non-hydrogen) atoms. The molecule has 1 amide bonds. The Labute approximate surface area is 175 Å². The summed E-state index contributed by atoms with van der Waals surface area (Å²) in [5, 5.41) is -0.885. The van der Waals surface area contributed by atoms with Gasteiger partial charge in [-0.3, -0.25) is 4.79 Å². The van der Waals surface area contributed by atoms with Crippen molar-refractivity contribution in [2.45, 2.75) is 70.1 Å². The number of amides is 1. The molecule has 9 heteroatoms. The number of hydrogen-bond acceptors (Lipinski definition) is 4. The van der Waals surface area contributed by atoms with Gasteiger partial charge in [0.1, 0.15) is 0 Å². The summed E-state index contributed by atoms with van der Waals surface area (Å²) in [7, 11) is -6.28. The van der Waals surface area contributed by atoms with Crippen molar-refractivity contribution in [1.29, 1.82) is 0 Å². The normalized spacial score (nSPS) is 13.0. The summed E-state index contributed by atoms with van der Waals surface area (Å²) in [6, 6.07) is 7.46. The van der Waals surface area contributed by atoms with Crippen molar-refractivity contribution < 1.29 is 22.4 Å². The Morgan fingerprint density at radius 2 is 1.62 bits per heavy atom.